The Morgan fingerprint density at radius 1 is 1.19 bits per heavy atom. The maximum Gasteiger partial charge on any atom is 0.238 e. The van der Waals surface area contributed by atoms with Crippen LogP contribution in [-0.2, 0) is 4.79 Å². The van der Waals surface area contributed by atoms with Crippen LogP contribution in [-0.4, -0.2) is 43.3 Å². The first-order valence-electron chi connectivity index (χ1n) is 7.67. The van der Waals surface area contributed by atoms with Gasteiger partial charge >= 0.3 is 0 Å². The van der Waals surface area contributed by atoms with Crippen molar-refractivity contribution in [1.82, 2.24) is 4.90 Å². The highest BCUT2D eigenvalue weighted by Crippen LogP contribution is 2.37. The average Bonchev–Trinajstić information content (AvgIpc) is 2.86. The molecule has 2 heterocycles. The average molecular weight is 290 g/mol. The number of piperazine rings is 1. The Morgan fingerprint density at radius 2 is 1.90 bits per heavy atom. The first kappa shape index (κ1) is 14.0. The van der Waals surface area contributed by atoms with Crippen LogP contribution in [0.3, 0.4) is 0 Å². The van der Waals surface area contributed by atoms with Crippen LogP contribution in [0.4, 0.5) is 5.69 Å². The zero-order valence-corrected chi connectivity index (χ0v) is 12.7. The fourth-order valence-electron chi connectivity index (χ4n) is 2.85. The van der Waals surface area contributed by atoms with Crippen LogP contribution in [0.2, 0.25) is 0 Å². The van der Waals surface area contributed by atoms with Crippen molar-refractivity contribution in [3.8, 4) is 11.5 Å². The Morgan fingerprint density at radius 3 is 2.62 bits per heavy atom. The third kappa shape index (κ3) is 2.91. The molecule has 0 N–H and O–H groups in total. The number of carbonyl (C=O) groups excluding carboxylic acids is 1. The van der Waals surface area contributed by atoms with E-state index in [1.807, 2.05) is 30.9 Å². The summed E-state index contributed by atoms with van der Waals surface area (Å²) in [5.41, 5.74) is 1.13. The number of hydrogen-bond acceptors (Lipinski definition) is 4. The Labute approximate surface area is 125 Å². The molecule has 3 rings (SSSR count). The lowest BCUT2D eigenvalue weighted by molar-refractivity contribution is -0.131. The molecule has 114 valence electrons. The SMILES string of the molecule is CCCC(=O)N1CCN(c2ccc3c(c2)O[C@@H](C)O3)CC1. The summed E-state index contributed by atoms with van der Waals surface area (Å²) in [5, 5.41) is 0. The lowest BCUT2D eigenvalue weighted by Crippen LogP contribution is -2.48. The number of anilines is 1. The quantitative estimate of drug-likeness (QED) is 0.856. The highest BCUT2D eigenvalue weighted by molar-refractivity contribution is 5.76. The lowest BCUT2D eigenvalue weighted by atomic mass is 10.2. The standard InChI is InChI=1S/C16H22N2O3/c1-3-4-16(19)18-9-7-17(8-10-18)13-5-6-14-15(11-13)21-12(2)20-14/h5-6,11-12H,3-4,7-10H2,1-2H3/t12-/m0/s1. The molecule has 1 aromatic rings. The maximum atomic E-state index is 11.9. The van der Waals surface area contributed by atoms with Gasteiger partial charge in [-0.1, -0.05) is 6.92 Å². The van der Waals surface area contributed by atoms with Crippen molar-refractivity contribution in [3.05, 3.63) is 18.2 Å². The lowest BCUT2D eigenvalue weighted by Gasteiger charge is -2.36. The molecule has 0 radical (unpaired) electrons. The van der Waals surface area contributed by atoms with Crippen LogP contribution < -0.4 is 14.4 Å². The van der Waals surface area contributed by atoms with E-state index in [1.54, 1.807) is 0 Å². The fourth-order valence-corrected chi connectivity index (χ4v) is 2.85. The minimum atomic E-state index is -0.209. The molecular weight excluding hydrogens is 268 g/mol. The number of ether oxygens (including phenoxy) is 2. The van der Waals surface area contributed by atoms with E-state index in [0.717, 1.165) is 49.8 Å². The Kier molecular flexibility index (Phi) is 3.90. The minimum Gasteiger partial charge on any atom is -0.451 e. The monoisotopic (exact) mass is 290 g/mol. The summed E-state index contributed by atoms with van der Waals surface area (Å²) in [6.45, 7) is 7.25. The van der Waals surface area contributed by atoms with Crippen LogP contribution in [0.5, 0.6) is 11.5 Å². The fraction of sp³-hybridized carbons (Fsp3) is 0.562. The van der Waals surface area contributed by atoms with E-state index >= 15 is 0 Å². The molecule has 1 saturated heterocycles. The largest absolute Gasteiger partial charge is 0.451 e. The number of nitrogens with zero attached hydrogens (tertiary/aromatic N) is 2. The van der Waals surface area contributed by atoms with Gasteiger partial charge in [0.2, 0.25) is 12.2 Å². The second-order valence-corrected chi connectivity index (χ2v) is 5.55. The van der Waals surface area contributed by atoms with Crippen molar-refractivity contribution in [1.29, 1.82) is 0 Å². The molecule has 0 unspecified atom stereocenters. The van der Waals surface area contributed by atoms with E-state index in [4.69, 9.17) is 9.47 Å². The molecule has 2 aliphatic heterocycles. The van der Waals surface area contributed by atoms with Gasteiger partial charge in [0, 0.05) is 51.3 Å². The first-order chi connectivity index (χ1) is 10.2. The van der Waals surface area contributed by atoms with Crippen LogP contribution in [0.25, 0.3) is 0 Å². The van der Waals surface area contributed by atoms with E-state index in [0.29, 0.717) is 6.42 Å². The molecule has 0 aliphatic carbocycles. The molecule has 0 spiro atoms. The van der Waals surface area contributed by atoms with Crippen LogP contribution in [0.1, 0.15) is 26.7 Å². The van der Waals surface area contributed by atoms with Gasteiger partial charge in [0.25, 0.3) is 0 Å². The van der Waals surface area contributed by atoms with E-state index in [1.165, 1.54) is 0 Å². The van der Waals surface area contributed by atoms with Crippen molar-refractivity contribution in [2.75, 3.05) is 31.1 Å². The Bertz CT molecular complexity index is 524. The highest BCUT2D eigenvalue weighted by atomic mass is 16.7. The number of benzene rings is 1. The van der Waals surface area contributed by atoms with Crippen molar-refractivity contribution in [2.24, 2.45) is 0 Å². The molecular formula is C16H22N2O3. The van der Waals surface area contributed by atoms with Crippen LogP contribution >= 0.6 is 0 Å². The molecule has 5 heteroatoms. The molecule has 1 atom stereocenters. The predicted octanol–water partition coefficient (Wildman–Crippen LogP) is 2.25. The van der Waals surface area contributed by atoms with Crippen molar-refractivity contribution in [3.63, 3.8) is 0 Å². The number of amides is 1. The van der Waals surface area contributed by atoms with E-state index in [-0.39, 0.29) is 12.2 Å². The zero-order chi connectivity index (χ0) is 14.8. The molecule has 0 aromatic heterocycles. The van der Waals surface area contributed by atoms with Gasteiger partial charge in [-0.05, 0) is 18.6 Å². The summed E-state index contributed by atoms with van der Waals surface area (Å²) < 4.78 is 11.1. The van der Waals surface area contributed by atoms with Crippen LogP contribution in [0, 0.1) is 0 Å². The molecule has 2 aliphatic rings. The topological polar surface area (TPSA) is 42.0 Å². The second kappa shape index (κ2) is 5.84. The van der Waals surface area contributed by atoms with Gasteiger partial charge in [0.15, 0.2) is 11.5 Å². The number of rotatable bonds is 3. The van der Waals surface area contributed by atoms with Crippen molar-refractivity contribution >= 4 is 11.6 Å². The molecule has 1 aromatic carbocycles. The van der Waals surface area contributed by atoms with E-state index in [2.05, 4.69) is 11.0 Å². The van der Waals surface area contributed by atoms with Crippen molar-refractivity contribution in [2.45, 2.75) is 33.0 Å². The van der Waals surface area contributed by atoms with Gasteiger partial charge in [0.1, 0.15) is 0 Å². The van der Waals surface area contributed by atoms with E-state index in [9.17, 15) is 4.79 Å². The molecule has 21 heavy (non-hydrogen) atoms. The summed E-state index contributed by atoms with van der Waals surface area (Å²) >= 11 is 0. The summed E-state index contributed by atoms with van der Waals surface area (Å²) in [4.78, 5) is 16.2. The van der Waals surface area contributed by atoms with Gasteiger partial charge < -0.3 is 19.3 Å². The predicted molar refractivity (Wildman–Crippen MR) is 80.9 cm³/mol. The molecule has 0 saturated carbocycles. The maximum absolute atomic E-state index is 11.9. The number of hydrogen-bond donors (Lipinski definition) is 0. The van der Waals surface area contributed by atoms with Gasteiger partial charge in [0.05, 0.1) is 0 Å². The molecule has 1 fully saturated rings. The third-order valence-corrected chi connectivity index (χ3v) is 3.97. The summed E-state index contributed by atoms with van der Waals surface area (Å²) in [6.07, 6.45) is 1.36. The number of fused-ring (bicyclic) bond motifs is 1. The highest BCUT2D eigenvalue weighted by Gasteiger charge is 2.24. The molecule has 0 bridgehead atoms. The summed E-state index contributed by atoms with van der Waals surface area (Å²) in [6, 6.07) is 6.05. The normalized spacial score (nSPS) is 20.8. The van der Waals surface area contributed by atoms with Gasteiger partial charge in [-0.3, -0.25) is 4.79 Å². The van der Waals surface area contributed by atoms with Gasteiger partial charge in [-0.15, -0.1) is 0 Å². The second-order valence-electron chi connectivity index (χ2n) is 5.55. The van der Waals surface area contributed by atoms with Gasteiger partial charge in [-0.2, -0.15) is 0 Å². The Hall–Kier alpha value is -1.91. The number of carbonyl (C=O) groups is 1. The minimum absolute atomic E-state index is 0.209. The Balaban J connectivity index is 1.62. The van der Waals surface area contributed by atoms with Gasteiger partial charge in [-0.25, -0.2) is 0 Å². The molecule has 1 amide bonds. The van der Waals surface area contributed by atoms with Crippen LogP contribution in [0.15, 0.2) is 18.2 Å². The van der Waals surface area contributed by atoms with E-state index < -0.39 is 0 Å². The van der Waals surface area contributed by atoms with Crippen molar-refractivity contribution < 1.29 is 14.3 Å². The third-order valence-electron chi connectivity index (χ3n) is 3.97. The summed E-state index contributed by atoms with van der Waals surface area (Å²) in [7, 11) is 0. The molecule has 5 nitrogen and oxygen atoms in total. The zero-order valence-electron chi connectivity index (χ0n) is 12.7. The first-order valence-corrected chi connectivity index (χ1v) is 7.67. The smallest absolute Gasteiger partial charge is 0.238 e. The summed E-state index contributed by atoms with van der Waals surface area (Å²) in [5.74, 6) is 1.89.